The first kappa shape index (κ1) is 21.6. The topological polar surface area (TPSA) is 39.9 Å². The van der Waals surface area contributed by atoms with Crippen LogP contribution in [0.15, 0.2) is 52.7 Å². The second-order valence-corrected chi connectivity index (χ2v) is 9.40. The van der Waals surface area contributed by atoms with Gasteiger partial charge in [-0.3, -0.25) is 0 Å². The van der Waals surface area contributed by atoms with Gasteiger partial charge in [-0.25, -0.2) is 0 Å². The molecule has 2 atom stereocenters. The minimum absolute atomic E-state index is 0.195. The van der Waals surface area contributed by atoms with Crippen LogP contribution in [0.25, 0.3) is 6.08 Å². The number of halogens is 1. The van der Waals surface area contributed by atoms with Gasteiger partial charge in [-0.1, -0.05) is 30.2 Å². The Kier molecular flexibility index (Phi) is 6.99. The Balaban J connectivity index is 1.65. The molecule has 1 aliphatic carbocycles. The number of hydrogen-bond donors (Lipinski definition) is 1. The number of furan rings is 1. The molecule has 1 saturated heterocycles. The Morgan fingerprint density at radius 3 is 2.60 bits per heavy atom. The Labute approximate surface area is 185 Å². The molecule has 0 amide bonds. The van der Waals surface area contributed by atoms with E-state index in [-0.39, 0.29) is 5.92 Å². The van der Waals surface area contributed by atoms with Gasteiger partial charge in [-0.2, -0.15) is 0 Å². The molecule has 2 fully saturated rings. The Morgan fingerprint density at radius 1 is 1.13 bits per heavy atom. The lowest BCUT2D eigenvalue weighted by molar-refractivity contribution is -0.00649. The molecule has 1 aromatic heterocycles. The smallest absolute Gasteiger partial charge is 0.126 e. The van der Waals surface area contributed by atoms with Crippen molar-refractivity contribution in [1.82, 2.24) is 9.80 Å². The zero-order valence-corrected chi connectivity index (χ0v) is 18.7. The van der Waals surface area contributed by atoms with Crippen LogP contribution in [-0.2, 0) is 6.42 Å². The van der Waals surface area contributed by atoms with E-state index in [9.17, 15) is 5.11 Å². The van der Waals surface area contributed by atoms with Gasteiger partial charge in [0.05, 0.1) is 11.9 Å². The van der Waals surface area contributed by atoms with Crippen LogP contribution in [0.4, 0.5) is 0 Å². The predicted molar refractivity (Wildman–Crippen MR) is 123 cm³/mol. The highest BCUT2D eigenvalue weighted by atomic mass is 35.5. The summed E-state index contributed by atoms with van der Waals surface area (Å²) in [7, 11) is 2.18. The van der Waals surface area contributed by atoms with Gasteiger partial charge in [0, 0.05) is 50.1 Å². The summed E-state index contributed by atoms with van der Waals surface area (Å²) in [5.74, 6) is 1.01. The number of nitrogens with zero attached hydrogens (tertiary/aromatic N) is 2. The van der Waals surface area contributed by atoms with Crippen LogP contribution >= 0.6 is 11.6 Å². The van der Waals surface area contributed by atoms with Gasteiger partial charge in [0.2, 0.25) is 0 Å². The first-order chi connectivity index (χ1) is 14.5. The molecule has 162 valence electrons. The lowest BCUT2D eigenvalue weighted by Gasteiger charge is -2.42. The van der Waals surface area contributed by atoms with Crippen LogP contribution < -0.4 is 0 Å². The highest BCUT2D eigenvalue weighted by molar-refractivity contribution is 6.30. The molecule has 5 heteroatoms. The maximum Gasteiger partial charge on any atom is 0.126 e. The normalized spacial score (nSPS) is 28.0. The number of hydrogen-bond acceptors (Lipinski definition) is 4. The highest BCUT2D eigenvalue weighted by Gasteiger charge is 2.42. The maximum absolute atomic E-state index is 12.3. The zero-order valence-electron chi connectivity index (χ0n) is 17.9. The molecule has 2 aliphatic rings. The highest BCUT2D eigenvalue weighted by Crippen LogP contribution is 2.41. The molecule has 4 nitrogen and oxygen atoms in total. The molecule has 1 aliphatic heterocycles. The van der Waals surface area contributed by atoms with Gasteiger partial charge in [-0.15, -0.1) is 0 Å². The molecular formula is C25H33ClN2O2. The largest absolute Gasteiger partial charge is 0.465 e. The molecule has 2 aromatic rings. The van der Waals surface area contributed by atoms with Crippen molar-refractivity contribution >= 4 is 17.7 Å². The van der Waals surface area contributed by atoms with Crippen molar-refractivity contribution in [1.29, 1.82) is 0 Å². The van der Waals surface area contributed by atoms with Gasteiger partial charge in [0.1, 0.15) is 5.76 Å². The van der Waals surface area contributed by atoms with Crippen LogP contribution in [-0.4, -0.2) is 60.3 Å². The van der Waals surface area contributed by atoms with E-state index in [1.54, 1.807) is 6.26 Å². The Morgan fingerprint density at radius 2 is 1.90 bits per heavy atom. The van der Waals surface area contributed by atoms with Gasteiger partial charge in [0.15, 0.2) is 0 Å². The molecule has 4 rings (SSSR count). The van der Waals surface area contributed by atoms with Crippen molar-refractivity contribution < 1.29 is 9.52 Å². The molecule has 1 saturated carbocycles. The fourth-order valence-corrected chi connectivity index (χ4v) is 5.05. The molecule has 1 N–H and O–H groups in total. The van der Waals surface area contributed by atoms with Gasteiger partial charge < -0.3 is 19.3 Å². The molecule has 30 heavy (non-hydrogen) atoms. The summed E-state index contributed by atoms with van der Waals surface area (Å²) in [5, 5.41) is 13.0. The van der Waals surface area contributed by atoms with E-state index >= 15 is 0 Å². The van der Waals surface area contributed by atoms with Crippen molar-refractivity contribution in [2.24, 2.45) is 5.92 Å². The molecule has 0 spiro atoms. The molecule has 2 heterocycles. The number of piperazine rings is 1. The summed E-state index contributed by atoms with van der Waals surface area (Å²) in [4.78, 5) is 4.92. The van der Waals surface area contributed by atoms with E-state index in [0.29, 0.717) is 6.42 Å². The Hall–Kier alpha value is -1.59. The predicted octanol–water partition coefficient (Wildman–Crippen LogP) is 4.73. The minimum atomic E-state index is -0.888. The van der Waals surface area contributed by atoms with Crippen LogP contribution in [0.2, 0.25) is 5.02 Å². The summed E-state index contributed by atoms with van der Waals surface area (Å²) in [6.07, 6.45) is 8.60. The molecular weight excluding hydrogens is 396 g/mol. The zero-order chi connectivity index (χ0) is 21.0. The van der Waals surface area contributed by atoms with Crippen molar-refractivity contribution in [3.8, 4) is 0 Å². The van der Waals surface area contributed by atoms with Crippen molar-refractivity contribution in [3.63, 3.8) is 0 Å². The van der Waals surface area contributed by atoms with Gasteiger partial charge in [0.25, 0.3) is 0 Å². The maximum atomic E-state index is 12.3. The van der Waals surface area contributed by atoms with E-state index in [4.69, 9.17) is 16.0 Å². The number of benzene rings is 1. The fraction of sp³-hybridized carbons (Fsp3) is 0.520. The quantitative estimate of drug-likeness (QED) is 0.699. The van der Waals surface area contributed by atoms with Crippen LogP contribution in [0.1, 0.15) is 37.0 Å². The number of aliphatic hydroxyl groups is 1. The standard InChI is InChI=1S/C25H33ClN2O2/c1-27-12-14-28(15-13-27)19-22-6-3-2-5-21(17-24-7-4-16-30-24)25(22,29)18-20-8-10-23(26)11-9-20/h4,7-11,16-17,22,29H,2-3,5-6,12-15,18-19H2,1H3. The summed E-state index contributed by atoms with van der Waals surface area (Å²) in [6, 6.07) is 11.8. The fourth-order valence-electron chi connectivity index (χ4n) is 4.92. The molecule has 0 bridgehead atoms. The van der Waals surface area contributed by atoms with Gasteiger partial charge in [-0.05, 0) is 67.8 Å². The summed E-state index contributed by atoms with van der Waals surface area (Å²) >= 11 is 6.11. The molecule has 2 unspecified atom stereocenters. The van der Waals surface area contributed by atoms with E-state index in [2.05, 4.69) is 22.9 Å². The van der Waals surface area contributed by atoms with Crippen LogP contribution in [0.5, 0.6) is 0 Å². The molecule has 0 radical (unpaired) electrons. The number of likely N-dealkylation sites (N-methyl/N-ethyl adjacent to an activating group) is 1. The third kappa shape index (κ3) is 5.17. The minimum Gasteiger partial charge on any atom is -0.465 e. The van der Waals surface area contributed by atoms with E-state index in [0.717, 1.165) is 80.3 Å². The van der Waals surface area contributed by atoms with Gasteiger partial charge >= 0.3 is 0 Å². The summed E-state index contributed by atoms with van der Waals surface area (Å²) in [6.45, 7) is 5.27. The average Bonchev–Trinajstić information content (AvgIpc) is 3.20. The Bertz CT molecular complexity index is 825. The van der Waals surface area contributed by atoms with E-state index < -0.39 is 5.60 Å². The lowest BCUT2D eigenvalue weighted by Crippen LogP contribution is -2.51. The molecule has 1 aromatic carbocycles. The summed E-state index contributed by atoms with van der Waals surface area (Å²) < 4.78 is 5.61. The van der Waals surface area contributed by atoms with Crippen molar-refractivity contribution in [3.05, 3.63) is 64.6 Å². The second kappa shape index (κ2) is 9.69. The first-order valence-electron chi connectivity index (χ1n) is 11.2. The average molecular weight is 429 g/mol. The van der Waals surface area contributed by atoms with E-state index in [1.807, 2.05) is 36.4 Å². The van der Waals surface area contributed by atoms with Crippen LogP contribution in [0, 0.1) is 5.92 Å². The van der Waals surface area contributed by atoms with Crippen molar-refractivity contribution in [2.75, 3.05) is 39.8 Å². The third-order valence-corrected chi connectivity index (χ3v) is 7.05. The lowest BCUT2D eigenvalue weighted by atomic mass is 9.75. The first-order valence-corrected chi connectivity index (χ1v) is 11.5. The van der Waals surface area contributed by atoms with E-state index in [1.165, 1.54) is 0 Å². The van der Waals surface area contributed by atoms with Crippen LogP contribution in [0.3, 0.4) is 0 Å². The third-order valence-electron chi connectivity index (χ3n) is 6.80. The number of rotatable bonds is 5. The SMILES string of the molecule is CN1CCN(CC2CCCCC(=Cc3ccco3)C2(O)Cc2ccc(Cl)cc2)CC1. The summed E-state index contributed by atoms with van der Waals surface area (Å²) in [5.41, 5.74) is 1.34. The monoisotopic (exact) mass is 428 g/mol. The second-order valence-electron chi connectivity index (χ2n) is 8.96. The van der Waals surface area contributed by atoms with Crippen molar-refractivity contribution in [2.45, 2.75) is 37.7 Å².